The molecule has 0 N–H and O–H groups in total. The van der Waals surface area contributed by atoms with Gasteiger partial charge in [-0.15, -0.1) is 0 Å². The highest BCUT2D eigenvalue weighted by Crippen LogP contribution is 1.88. The van der Waals surface area contributed by atoms with Crippen molar-refractivity contribution in [2.75, 3.05) is 13.7 Å². The molecule has 0 aliphatic rings. The molecule has 0 saturated carbocycles. The smallest absolute Gasteiger partial charge is 0.0485 e. The Labute approximate surface area is 40.7 Å². The van der Waals surface area contributed by atoms with Gasteiger partial charge in [0.1, 0.15) is 0 Å². The van der Waals surface area contributed by atoms with Crippen LogP contribution in [0, 0.1) is 5.89 Å². The van der Waals surface area contributed by atoms with Crippen LogP contribution in [-0.2, 0) is 4.74 Å². The Morgan fingerprint density at radius 3 is 2.33 bits per heavy atom. The summed E-state index contributed by atoms with van der Waals surface area (Å²) in [5, 5.41) is 0. The summed E-state index contributed by atoms with van der Waals surface area (Å²) in [4.78, 5) is 0. The second kappa shape index (κ2) is 3.16. The van der Waals surface area contributed by atoms with E-state index in [9.17, 15) is 0 Å². The molecule has 0 atom stereocenters. The summed E-state index contributed by atoms with van der Waals surface area (Å²) in [5.41, 5.74) is 0. The molecule has 0 heterocycles. The second-order valence-electron chi connectivity index (χ2n) is 1.64. The summed E-state index contributed by atoms with van der Waals surface area (Å²) in [7, 11) is 1.61. The Morgan fingerprint density at radius 1 is 1.83 bits per heavy atom. The summed E-state index contributed by atoms with van der Waals surface area (Å²) in [6.07, 6.45) is 0. The lowest BCUT2D eigenvalue weighted by Gasteiger charge is -1.97. The van der Waals surface area contributed by atoms with Crippen molar-refractivity contribution in [3.63, 3.8) is 0 Å². The van der Waals surface area contributed by atoms with Gasteiger partial charge in [0.15, 0.2) is 0 Å². The topological polar surface area (TPSA) is 9.23 Å². The van der Waals surface area contributed by atoms with Gasteiger partial charge in [-0.2, -0.15) is 0 Å². The molecule has 0 fully saturated rings. The van der Waals surface area contributed by atoms with Gasteiger partial charge in [0.2, 0.25) is 0 Å². The molecule has 0 amide bonds. The standard InChI is InChI=1S/C5H12O/c1-5(2)4-6-3/h5H,4H2,1-3H3/i5D. The molecular formula is C5H12O. The van der Waals surface area contributed by atoms with Gasteiger partial charge in [-0.1, -0.05) is 13.8 Å². The first-order valence-corrected chi connectivity index (χ1v) is 2.05. The van der Waals surface area contributed by atoms with Crippen molar-refractivity contribution in [3.05, 3.63) is 0 Å². The zero-order valence-electron chi connectivity index (χ0n) is 5.62. The first-order valence-electron chi connectivity index (χ1n) is 2.55. The van der Waals surface area contributed by atoms with Crippen molar-refractivity contribution >= 4 is 0 Å². The molecule has 0 rings (SSSR count). The van der Waals surface area contributed by atoms with E-state index in [4.69, 9.17) is 6.11 Å². The van der Waals surface area contributed by atoms with Crippen LogP contribution in [0.25, 0.3) is 0 Å². The Balaban J connectivity index is 3.15. The monoisotopic (exact) mass is 89.1 g/mol. The molecule has 0 aromatic heterocycles. The molecule has 0 unspecified atom stereocenters. The minimum Gasteiger partial charge on any atom is -0.384 e. The van der Waals surface area contributed by atoms with Crippen molar-refractivity contribution < 1.29 is 6.11 Å². The van der Waals surface area contributed by atoms with Crippen LogP contribution in [0.5, 0.6) is 0 Å². The fourth-order valence-electron chi connectivity index (χ4n) is 0.289. The van der Waals surface area contributed by atoms with E-state index in [-0.39, 0.29) is 0 Å². The number of rotatable bonds is 2. The first kappa shape index (κ1) is 4.13. The Hall–Kier alpha value is -0.0400. The van der Waals surface area contributed by atoms with Crippen LogP contribution in [0.4, 0.5) is 0 Å². The zero-order valence-corrected chi connectivity index (χ0v) is 4.62. The highest BCUT2D eigenvalue weighted by Gasteiger charge is 1.85. The van der Waals surface area contributed by atoms with Gasteiger partial charge in [0, 0.05) is 15.1 Å². The molecule has 38 valence electrons. The average molecular weight is 89.2 g/mol. The third kappa shape index (κ3) is 3.96. The minimum absolute atomic E-state index is 0.422. The Morgan fingerprint density at radius 2 is 2.33 bits per heavy atom. The lowest BCUT2D eigenvalue weighted by Crippen LogP contribution is -1.96. The van der Waals surface area contributed by atoms with Gasteiger partial charge < -0.3 is 4.74 Å². The number of hydrogen-bond donors (Lipinski definition) is 0. The summed E-state index contributed by atoms with van der Waals surface area (Å²) in [6.45, 7) is 4.14. The number of methoxy groups -OCH3 is 1. The first-order chi connectivity index (χ1) is 3.06. The SMILES string of the molecule is [2H]C(C)(C)COC. The lowest BCUT2D eigenvalue weighted by atomic mass is 10.2. The highest BCUT2D eigenvalue weighted by atomic mass is 16.5. The van der Waals surface area contributed by atoms with Crippen LogP contribution >= 0.6 is 0 Å². The van der Waals surface area contributed by atoms with Gasteiger partial charge in [-0.25, -0.2) is 0 Å². The maximum Gasteiger partial charge on any atom is 0.0485 e. The molecule has 0 aliphatic carbocycles. The third-order valence-corrected chi connectivity index (χ3v) is 0.433. The van der Waals surface area contributed by atoms with Crippen LogP contribution in [0.3, 0.4) is 0 Å². The van der Waals surface area contributed by atoms with E-state index in [0.29, 0.717) is 6.61 Å². The Bertz CT molecular complexity index is 46.5. The maximum absolute atomic E-state index is 7.21. The predicted molar refractivity (Wildman–Crippen MR) is 26.7 cm³/mol. The van der Waals surface area contributed by atoms with Crippen molar-refractivity contribution in [3.8, 4) is 0 Å². The Kier molecular flexibility index (Phi) is 2.18. The summed E-state index contributed by atoms with van der Waals surface area (Å²) >= 11 is 0. The fourth-order valence-corrected chi connectivity index (χ4v) is 0.289. The zero-order chi connectivity index (χ0) is 5.91. The van der Waals surface area contributed by atoms with Crippen molar-refractivity contribution in [2.45, 2.75) is 13.8 Å². The van der Waals surface area contributed by atoms with Crippen LogP contribution < -0.4 is 0 Å². The van der Waals surface area contributed by atoms with Crippen molar-refractivity contribution in [1.29, 1.82) is 0 Å². The van der Waals surface area contributed by atoms with Crippen LogP contribution in [0.15, 0.2) is 0 Å². The normalized spacial score (nSPS) is 14.2. The molecule has 0 saturated heterocycles. The van der Waals surface area contributed by atoms with Crippen LogP contribution in [0.1, 0.15) is 15.2 Å². The van der Waals surface area contributed by atoms with E-state index in [1.54, 1.807) is 7.11 Å². The van der Waals surface area contributed by atoms with E-state index in [1.165, 1.54) is 0 Å². The minimum atomic E-state index is -0.422. The largest absolute Gasteiger partial charge is 0.384 e. The third-order valence-electron chi connectivity index (χ3n) is 0.433. The molecule has 1 nitrogen and oxygen atoms in total. The van der Waals surface area contributed by atoms with Gasteiger partial charge >= 0.3 is 0 Å². The average Bonchev–Trinajstić information content (AvgIpc) is 1.30. The van der Waals surface area contributed by atoms with E-state index >= 15 is 0 Å². The molecule has 1 heteroatoms. The molecule has 0 spiro atoms. The van der Waals surface area contributed by atoms with Crippen molar-refractivity contribution in [1.82, 2.24) is 0 Å². The van der Waals surface area contributed by atoms with Crippen LogP contribution in [-0.4, -0.2) is 13.7 Å². The van der Waals surface area contributed by atoms with E-state index in [0.717, 1.165) is 0 Å². The molecule has 0 radical (unpaired) electrons. The van der Waals surface area contributed by atoms with Gasteiger partial charge in [0.25, 0.3) is 0 Å². The highest BCUT2D eigenvalue weighted by molar-refractivity contribution is 4.35. The molecule has 0 aromatic rings. The predicted octanol–water partition coefficient (Wildman–Crippen LogP) is 1.29. The van der Waals surface area contributed by atoms with Gasteiger partial charge in [0.05, 0.1) is 0 Å². The molecule has 0 bridgehead atoms. The summed E-state index contributed by atoms with van der Waals surface area (Å²) in [5.74, 6) is -0.422. The van der Waals surface area contributed by atoms with Crippen LogP contribution in [0.2, 0.25) is 0 Å². The fraction of sp³-hybridized carbons (Fsp3) is 1.00. The lowest BCUT2D eigenvalue weighted by molar-refractivity contribution is 0.167. The van der Waals surface area contributed by atoms with Crippen molar-refractivity contribution in [2.24, 2.45) is 5.89 Å². The quantitative estimate of drug-likeness (QED) is 0.495. The molecule has 0 aromatic carbocycles. The van der Waals surface area contributed by atoms with Gasteiger partial charge in [-0.3, -0.25) is 0 Å². The van der Waals surface area contributed by atoms with E-state index in [2.05, 4.69) is 0 Å². The summed E-state index contributed by atoms with van der Waals surface area (Å²) in [6, 6.07) is 0. The van der Waals surface area contributed by atoms with Gasteiger partial charge in [-0.05, 0) is 5.89 Å². The number of hydrogen-bond acceptors (Lipinski definition) is 1. The molecule has 6 heavy (non-hydrogen) atoms. The summed E-state index contributed by atoms with van der Waals surface area (Å²) < 4.78 is 11.9. The molecular weight excluding hydrogens is 76.1 g/mol. The van der Waals surface area contributed by atoms with E-state index in [1.807, 2.05) is 13.8 Å². The number of ether oxygens (including phenoxy) is 1. The maximum atomic E-state index is 7.21. The van der Waals surface area contributed by atoms with E-state index < -0.39 is 5.89 Å². The molecule has 0 aliphatic heterocycles. The second-order valence-corrected chi connectivity index (χ2v) is 1.64.